The number of rotatable bonds is 17. The Hall–Kier alpha value is -2.34. The molecule has 0 saturated heterocycles. The monoisotopic (exact) mass is 490 g/mol. The molecule has 0 unspecified atom stereocenters. The molecule has 6 heteroatoms. The van der Waals surface area contributed by atoms with Crippen LogP contribution < -0.4 is 10.6 Å². The zero-order valence-electron chi connectivity index (χ0n) is 21.1. The quantitative estimate of drug-likeness (QED) is 0.223. The number of carbonyl (C=O) groups is 1. The average molecular weight is 491 g/mol. The van der Waals surface area contributed by atoms with Gasteiger partial charge in [-0.2, -0.15) is 13.2 Å². The predicted molar refractivity (Wildman–Crippen MR) is 137 cm³/mol. The molecule has 2 aromatic rings. The minimum absolute atomic E-state index is 0.0343. The van der Waals surface area contributed by atoms with Crippen LogP contribution in [0.3, 0.4) is 0 Å². The summed E-state index contributed by atoms with van der Waals surface area (Å²) in [4.78, 5) is 12.3. The van der Waals surface area contributed by atoms with Crippen molar-refractivity contribution in [3.05, 3.63) is 70.8 Å². The molecular formula is C29H41F3N2O. The van der Waals surface area contributed by atoms with Gasteiger partial charge in [-0.1, -0.05) is 89.0 Å². The van der Waals surface area contributed by atoms with Crippen molar-refractivity contribution in [1.82, 2.24) is 10.6 Å². The molecule has 0 atom stereocenters. The van der Waals surface area contributed by atoms with E-state index >= 15 is 0 Å². The van der Waals surface area contributed by atoms with E-state index in [-0.39, 0.29) is 5.91 Å². The molecule has 35 heavy (non-hydrogen) atoms. The van der Waals surface area contributed by atoms with Gasteiger partial charge in [0.1, 0.15) is 0 Å². The smallest absolute Gasteiger partial charge is 0.352 e. The van der Waals surface area contributed by atoms with Crippen LogP contribution in [0.4, 0.5) is 13.2 Å². The first-order chi connectivity index (χ1) is 16.9. The Morgan fingerprint density at radius 3 is 1.83 bits per heavy atom. The molecule has 3 nitrogen and oxygen atoms in total. The number of hydrogen-bond donors (Lipinski definition) is 2. The molecule has 0 spiro atoms. The van der Waals surface area contributed by atoms with E-state index in [1.165, 1.54) is 63.5 Å². The van der Waals surface area contributed by atoms with Crippen molar-refractivity contribution in [3.63, 3.8) is 0 Å². The Balaban J connectivity index is 1.54. The molecule has 2 aromatic carbocycles. The summed E-state index contributed by atoms with van der Waals surface area (Å²) in [7, 11) is 0. The Morgan fingerprint density at radius 1 is 0.714 bits per heavy atom. The molecule has 0 saturated carbocycles. The van der Waals surface area contributed by atoms with E-state index in [1.807, 2.05) is 24.3 Å². The van der Waals surface area contributed by atoms with Gasteiger partial charge >= 0.3 is 6.18 Å². The van der Waals surface area contributed by atoms with Crippen molar-refractivity contribution in [2.75, 3.05) is 13.1 Å². The van der Waals surface area contributed by atoms with E-state index in [0.717, 1.165) is 42.5 Å². The first-order valence-electron chi connectivity index (χ1n) is 13.1. The van der Waals surface area contributed by atoms with Crippen molar-refractivity contribution < 1.29 is 18.0 Å². The maximum absolute atomic E-state index is 12.6. The lowest BCUT2D eigenvalue weighted by molar-refractivity contribution is -0.137. The number of carbonyl (C=O) groups excluding carboxylic acids is 1. The maximum Gasteiger partial charge on any atom is 0.416 e. The second kappa shape index (κ2) is 16.4. The summed E-state index contributed by atoms with van der Waals surface area (Å²) in [5, 5.41) is 6.25. The standard InChI is InChI=1S/C29H41F3N2O/c1-2-3-4-5-6-7-8-9-10-11-21-34-28(35)26-16-12-24(13-17-26)20-22-33-23-25-14-18-27(19-15-25)29(30,31)32/h12-19,33H,2-11,20-23H2,1H3,(H,34,35). The van der Waals surface area contributed by atoms with E-state index in [1.54, 1.807) is 0 Å². The van der Waals surface area contributed by atoms with Gasteiger partial charge in [0.05, 0.1) is 5.56 Å². The highest BCUT2D eigenvalue weighted by molar-refractivity contribution is 5.94. The predicted octanol–water partition coefficient (Wildman–Crippen LogP) is 7.69. The molecule has 0 heterocycles. The van der Waals surface area contributed by atoms with Crippen LogP contribution in [-0.2, 0) is 19.1 Å². The van der Waals surface area contributed by atoms with Gasteiger partial charge in [-0.3, -0.25) is 4.79 Å². The van der Waals surface area contributed by atoms with Gasteiger partial charge in [-0.15, -0.1) is 0 Å². The van der Waals surface area contributed by atoms with E-state index in [0.29, 0.717) is 25.2 Å². The normalized spacial score (nSPS) is 11.5. The van der Waals surface area contributed by atoms with Crippen LogP contribution in [0, 0.1) is 0 Å². The molecule has 0 aliphatic rings. The molecule has 0 radical (unpaired) electrons. The van der Waals surface area contributed by atoms with E-state index < -0.39 is 11.7 Å². The number of benzene rings is 2. The molecule has 0 aliphatic heterocycles. The molecule has 0 bridgehead atoms. The lowest BCUT2D eigenvalue weighted by Crippen LogP contribution is -2.24. The Labute approximate surface area is 208 Å². The van der Waals surface area contributed by atoms with Crippen LogP contribution >= 0.6 is 0 Å². The van der Waals surface area contributed by atoms with Gasteiger partial charge in [-0.05, 0) is 54.8 Å². The van der Waals surface area contributed by atoms with Crippen LogP contribution in [0.15, 0.2) is 48.5 Å². The van der Waals surface area contributed by atoms with Crippen molar-refractivity contribution in [1.29, 1.82) is 0 Å². The molecular weight excluding hydrogens is 449 g/mol. The minimum Gasteiger partial charge on any atom is -0.352 e. The third kappa shape index (κ3) is 12.3. The second-order valence-electron chi connectivity index (χ2n) is 9.26. The summed E-state index contributed by atoms with van der Waals surface area (Å²) in [6.07, 6.45) is 9.24. The van der Waals surface area contributed by atoms with Gasteiger partial charge in [0, 0.05) is 18.7 Å². The fraction of sp³-hybridized carbons (Fsp3) is 0.552. The average Bonchev–Trinajstić information content (AvgIpc) is 2.85. The number of nitrogens with one attached hydrogen (secondary N) is 2. The summed E-state index contributed by atoms with van der Waals surface area (Å²) in [5.41, 5.74) is 1.95. The molecule has 1 amide bonds. The largest absolute Gasteiger partial charge is 0.416 e. The van der Waals surface area contributed by atoms with Gasteiger partial charge < -0.3 is 10.6 Å². The second-order valence-corrected chi connectivity index (χ2v) is 9.26. The number of amides is 1. The fourth-order valence-corrected chi connectivity index (χ4v) is 4.02. The van der Waals surface area contributed by atoms with Crippen LogP contribution in [0.25, 0.3) is 0 Å². The highest BCUT2D eigenvalue weighted by Gasteiger charge is 2.29. The SMILES string of the molecule is CCCCCCCCCCCCNC(=O)c1ccc(CCNCc2ccc(C(F)(F)F)cc2)cc1. The number of alkyl halides is 3. The van der Waals surface area contributed by atoms with Crippen molar-refractivity contribution in [2.24, 2.45) is 0 Å². The van der Waals surface area contributed by atoms with E-state index in [4.69, 9.17) is 0 Å². The van der Waals surface area contributed by atoms with Gasteiger partial charge in [0.2, 0.25) is 0 Å². The van der Waals surface area contributed by atoms with Crippen molar-refractivity contribution >= 4 is 5.91 Å². The molecule has 0 aromatic heterocycles. The summed E-state index contributed by atoms with van der Waals surface area (Å²) in [6.45, 7) is 4.17. The summed E-state index contributed by atoms with van der Waals surface area (Å²) >= 11 is 0. The van der Waals surface area contributed by atoms with Crippen LogP contribution in [0.1, 0.15) is 98.2 Å². The van der Waals surface area contributed by atoms with Gasteiger partial charge in [0.15, 0.2) is 0 Å². The molecule has 0 aliphatic carbocycles. The number of halogens is 3. The van der Waals surface area contributed by atoms with Crippen molar-refractivity contribution in [2.45, 2.75) is 90.3 Å². The Bertz CT molecular complexity index is 833. The minimum atomic E-state index is -4.30. The summed E-state index contributed by atoms with van der Waals surface area (Å²) < 4.78 is 37.9. The van der Waals surface area contributed by atoms with Crippen LogP contribution in [0.5, 0.6) is 0 Å². The lowest BCUT2D eigenvalue weighted by Gasteiger charge is -2.09. The Kier molecular flexibility index (Phi) is 13.5. The summed E-state index contributed by atoms with van der Waals surface area (Å²) in [6, 6.07) is 12.8. The first kappa shape index (κ1) is 28.9. The third-order valence-electron chi connectivity index (χ3n) is 6.23. The van der Waals surface area contributed by atoms with Crippen molar-refractivity contribution in [3.8, 4) is 0 Å². The molecule has 2 rings (SSSR count). The van der Waals surface area contributed by atoms with Gasteiger partial charge in [-0.25, -0.2) is 0 Å². The molecule has 0 fully saturated rings. The zero-order chi connectivity index (χ0) is 25.4. The molecule has 2 N–H and O–H groups in total. The Morgan fingerprint density at radius 2 is 1.26 bits per heavy atom. The highest BCUT2D eigenvalue weighted by atomic mass is 19.4. The summed E-state index contributed by atoms with van der Waals surface area (Å²) in [5.74, 6) is -0.0343. The lowest BCUT2D eigenvalue weighted by atomic mass is 10.1. The fourth-order valence-electron chi connectivity index (χ4n) is 4.02. The van der Waals surface area contributed by atoms with E-state index in [9.17, 15) is 18.0 Å². The highest BCUT2D eigenvalue weighted by Crippen LogP contribution is 2.29. The zero-order valence-corrected chi connectivity index (χ0v) is 21.1. The van der Waals surface area contributed by atoms with Crippen LogP contribution in [-0.4, -0.2) is 19.0 Å². The molecule has 194 valence electrons. The topological polar surface area (TPSA) is 41.1 Å². The van der Waals surface area contributed by atoms with Gasteiger partial charge in [0.25, 0.3) is 5.91 Å². The van der Waals surface area contributed by atoms with Crippen LogP contribution in [0.2, 0.25) is 0 Å². The number of hydrogen-bond acceptors (Lipinski definition) is 2. The number of unbranched alkanes of at least 4 members (excludes halogenated alkanes) is 9. The first-order valence-corrected chi connectivity index (χ1v) is 13.1. The third-order valence-corrected chi connectivity index (χ3v) is 6.23. The maximum atomic E-state index is 12.6. The van der Waals surface area contributed by atoms with E-state index in [2.05, 4.69) is 17.6 Å².